The van der Waals surface area contributed by atoms with Gasteiger partial charge >= 0.3 is 5.97 Å². The zero-order chi connectivity index (χ0) is 17.8. The van der Waals surface area contributed by atoms with E-state index in [9.17, 15) is 14.4 Å². The highest BCUT2D eigenvalue weighted by atomic mass is 16.5. The maximum Gasteiger partial charge on any atom is 0.343 e. The molecule has 0 saturated carbocycles. The van der Waals surface area contributed by atoms with Gasteiger partial charge in [-0.1, -0.05) is 6.07 Å². The van der Waals surface area contributed by atoms with Gasteiger partial charge < -0.3 is 15.0 Å². The second-order valence-corrected chi connectivity index (χ2v) is 5.79. The van der Waals surface area contributed by atoms with Crippen molar-refractivity contribution in [1.29, 1.82) is 0 Å². The van der Waals surface area contributed by atoms with Gasteiger partial charge in [0.05, 0.1) is 5.56 Å². The Bertz CT molecular complexity index is 814. The molecule has 0 unspecified atom stereocenters. The summed E-state index contributed by atoms with van der Waals surface area (Å²) < 4.78 is 5.35. The predicted octanol–water partition coefficient (Wildman–Crippen LogP) is 2.99. The molecular weight excluding hydrogens is 320 g/mol. The summed E-state index contributed by atoms with van der Waals surface area (Å²) in [6.45, 7) is 2.09. The van der Waals surface area contributed by atoms with Gasteiger partial charge in [0.2, 0.25) is 11.8 Å². The molecule has 6 nitrogen and oxygen atoms in total. The van der Waals surface area contributed by atoms with Gasteiger partial charge in [0.1, 0.15) is 5.75 Å². The maximum atomic E-state index is 12.3. The van der Waals surface area contributed by atoms with Gasteiger partial charge in [-0.15, -0.1) is 0 Å². The largest absolute Gasteiger partial charge is 0.423 e. The summed E-state index contributed by atoms with van der Waals surface area (Å²) in [5.74, 6) is -0.223. The van der Waals surface area contributed by atoms with Gasteiger partial charge in [-0.05, 0) is 48.9 Å². The highest BCUT2D eigenvalue weighted by Gasteiger charge is 2.22. The number of benzene rings is 2. The van der Waals surface area contributed by atoms with E-state index in [4.69, 9.17) is 4.74 Å². The van der Waals surface area contributed by atoms with Crippen molar-refractivity contribution < 1.29 is 19.1 Å². The third-order valence-corrected chi connectivity index (χ3v) is 3.85. The van der Waals surface area contributed by atoms with Crippen molar-refractivity contribution in [3.8, 4) is 5.75 Å². The van der Waals surface area contributed by atoms with E-state index in [-0.39, 0.29) is 11.8 Å². The van der Waals surface area contributed by atoms with Crippen molar-refractivity contribution in [3.05, 3.63) is 54.1 Å². The first kappa shape index (κ1) is 16.7. The summed E-state index contributed by atoms with van der Waals surface area (Å²) in [5.41, 5.74) is 1.71. The summed E-state index contributed by atoms with van der Waals surface area (Å²) in [4.78, 5) is 36.8. The fourth-order valence-electron chi connectivity index (χ4n) is 2.70. The lowest BCUT2D eigenvalue weighted by Crippen LogP contribution is -2.24. The molecule has 0 atom stereocenters. The van der Waals surface area contributed by atoms with Crippen LogP contribution in [0.1, 0.15) is 30.1 Å². The average Bonchev–Trinajstić information content (AvgIpc) is 3.02. The smallest absolute Gasteiger partial charge is 0.343 e. The third kappa shape index (κ3) is 4.03. The molecule has 1 aliphatic rings. The van der Waals surface area contributed by atoms with Gasteiger partial charge in [0, 0.05) is 31.3 Å². The Morgan fingerprint density at radius 3 is 2.52 bits per heavy atom. The zero-order valence-electron chi connectivity index (χ0n) is 13.8. The molecule has 1 N–H and O–H groups in total. The van der Waals surface area contributed by atoms with Crippen molar-refractivity contribution in [3.63, 3.8) is 0 Å². The normalized spacial score (nSPS) is 13.6. The summed E-state index contributed by atoms with van der Waals surface area (Å²) in [6, 6.07) is 13.4. The number of esters is 1. The van der Waals surface area contributed by atoms with Crippen molar-refractivity contribution in [2.24, 2.45) is 0 Å². The molecule has 2 aromatic rings. The fraction of sp³-hybridized carbons (Fsp3) is 0.211. The molecule has 2 aromatic carbocycles. The lowest BCUT2D eigenvalue weighted by molar-refractivity contribution is -0.117. The molecule has 2 amide bonds. The van der Waals surface area contributed by atoms with Crippen LogP contribution in [0.25, 0.3) is 0 Å². The number of rotatable bonds is 4. The molecule has 0 spiro atoms. The van der Waals surface area contributed by atoms with Gasteiger partial charge in [-0.25, -0.2) is 4.79 Å². The van der Waals surface area contributed by atoms with Crippen LogP contribution in [0.3, 0.4) is 0 Å². The average molecular weight is 338 g/mol. The van der Waals surface area contributed by atoms with Crippen LogP contribution in [0.2, 0.25) is 0 Å². The van der Waals surface area contributed by atoms with Crippen LogP contribution >= 0.6 is 0 Å². The lowest BCUT2D eigenvalue weighted by atomic mass is 10.2. The molecule has 1 fully saturated rings. The molecule has 128 valence electrons. The molecule has 0 aromatic heterocycles. The molecule has 0 bridgehead atoms. The van der Waals surface area contributed by atoms with Crippen molar-refractivity contribution in [2.45, 2.75) is 19.8 Å². The van der Waals surface area contributed by atoms with E-state index in [1.165, 1.54) is 6.92 Å². The first-order valence-corrected chi connectivity index (χ1v) is 8.03. The van der Waals surface area contributed by atoms with E-state index in [2.05, 4.69) is 5.32 Å². The molecule has 1 saturated heterocycles. The first-order valence-electron chi connectivity index (χ1n) is 8.03. The summed E-state index contributed by atoms with van der Waals surface area (Å²) >= 11 is 0. The van der Waals surface area contributed by atoms with Crippen LogP contribution in [0, 0.1) is 0 Å². The minimum atomic E-state index is -0.499. The highest BCUT2D eigenvalue weighted by molar-refractivity contribution is 5.98. The summed E-state index contributed by atoms with van der Waals surface area (Å²) in [7, 11) is 0. The molecule has 0 radical (unpaired) electrons. The van der Waals surface area contributed by atoms with Gasteiger partial charge in [0.15, 0.2) is 0 Å². The third-order valence-electron chi connectivity index (χ3n) is 3.85. The Balaban J connectivity index is 1.71. The topological polar surface area (TPSA) is 75.7 Å². The molecular formula is C19H18N2O4. The van der Waals surface area contributed by atoms with Crippen molar-refractivity contribution >= 4 is 29.2 Å². The van der Waals surface area contributed by atoms with E-state index in [0.29, 0.717) is 35.7 Å². The number of nitrogens with one attached hydrogen (secondary N) is 1. The Labute approximate surface area is 145 Å². The van der Waals surface area contributed by atoms with E-state index in [0.717, 1.165) is 6.42 Å². The predicted molar refractivity (Wildman–Crippen MR) is 93.7 cm³/mol. The van der Waals surface area contributed by atoms with Crippen molar-refractivity contribution in [2.75, 3.05) is 16.8 Å². The second-order valence-electron chi connectivity index (χ2n) is 5.79. The summed E-state index contributed by atoms with van der Waals surface area (Å²) in [6.07, 6.45) is 1.36. The maximum absolute atomic E-state index is 12.3. The molecule has 0 aliphatic carbocycles. The lowest BCUT2D eigenvalue weighted by Gasteiger charge is -2.16. The molecule has 6 heteroatoms. The number of hydrogen-bond acceptors (Lipinski definition) is 4. The molecule has 25 heavy (non-hydrogen) atoms. The minimum Gasteiger partial charge on any atom is -0.423 e. The Morgan fingerprint density at radius 2 is 1.88 bits per heavy atom. The monoisotopic (exact) mass is 338 g/mol. The standard InChI is InChI=1S/C19H18N2O4/c1-13(22)20-15-7-9-17(10-8-15)25-19(24)14-4-2-5-16(12-14)21-11-3-6-18(21)23/h2,4-5,7-10,12H,3,6,11H2,1H3,(H,20,22). The van der Waals surface area contributed by atoms with E-state index in [1.807, 2.05) is 6.07 Å². The number of nitrogens with zero attached hydrogens (tertiary/aromatic N) is 1. The first-order chi connectivity index (χ1) is 12.0. The summed E-state index contributed by atoms with van der Waals surface area (Å²) in [5, 5.41) is 2.64. The van der Waals surface area contributed by atoms with Gasteiger partial charge in [-0.2, -0.15) is 0 Å². The van der Waals surface area contributed by atoms with Crippen LogP contribution in [0.5, 0.6) is 5.75 Å². The highest BCUT2D eigenvalue weighted by Crippen LogP contribution is 2.23. The molecule has 1 heterocycles. The number of hydrogen-bond donors (Lipinski definition) is 1. The Hall–Kier alpha value is -3.15. The SMILES string of the molecule is CC(=O)Nc1ccc(OC(=O)c2cccc(N3CCCC3=O)c2)cc1. The number of carbonyl (C=O) groups is 3. The number of amides is 2. The van der Waals surface area contributed by atoms with Gasteiger partial charge in [0.25, 0.3) is 0 Å². The molecule has 3 rings (SSSR count). The minimum absolute atomic E-state index is 0.0686. The van der Waals surface area contributed by atoms with Crippen LogP contribution in [-0.4, -0.2) is 24.3 Å². The Morgan fingerprint density at radius 1 is 1.12 bits per heavy atom. The van der Waals surface area contributed by atoms with E-state index in [1.54, 1.807) is 47.4 Å². The number of anilines is 2. The van der Waals surface area contributed by atoms with Crippen LogP contribution in [-0.2, 0) is 9.59 Å². The van der Waals surface area contributed by atoms with E-state index >= 15 is 0 Å². The number of ether oxygens (including phenoxy) is 1. The van der Waals surface area contributed by atoms with Crippen molar-refractivity contribution in [1.82, 2.24) is 0 Å². The van der Waals surface area contributed by atoms with Crippen LogP contribution < -0.4 is 15.0 Å². The zero-order valence-corrected chi connectivity index (χ0v) is 13.8. The molecule has 1 aliphatic heterocycles. The van der Waals surface area contributed by atoms with Crippen LogP contribution in [0.15, 0.2) is 48.5 Å². The fourth-order valence-corrected chi connectivity index (χ4v) is 2.70. The van der Waals surface area contributed by atoms with Crippen LogP contribution in [0.4, 0.5) is 11.4 Å². The quantitative estimate of drug-likeness (QED) is 0.687. The number of carbonyl (C=O) groups excluding carboxylic acids is 3. The van der Waals surface area contributed by atoms with Gasteiger partial charge in [-0.3, -0.25) is 9.59 Å². The Kier molecular flexibility index (Phi) is 4.79. The van der Waals surface area contributed by atoms with E-state index < -0.39 is 5.97 Å². The second kappa shape index (κ2) is 7.17.